The van der Waals surface area contributed by atoms with Crippen LogP contribution in [0.1, 0.15) is 19.0 Å². The minimum absolute atomic E-state index is 0.565. The molecule has 0 bridgehead atoms. The van der Waals surface area contributed by atoms with Gasteiger partial charge in [-0.15, -0.1) is 6.58 Å². The minimum atomic E-state index is 0.565. The smallest absolute Gasteiger partial charge is 0.0645 e. The lowest BCUT2D eigenvalue weighted by Crippen LogP contribution is -2.10. The molecule has 0 N–H and O–H groups in total. The fourth-order valence-corrected chi connectivity index (χ4v) is 3.00. The number of benzene rings is 2. The maximum absolute atomic E-state index is 4.70. The first-order valence-corrected chi connectivity index (χ1v) is 8.74. The summed E-state index contributed by atoms with van der Waals surface area (Å²) < 4.78 is 0. The van der Waals surface area contributed by atoms with Gasteiger partial charge in [-0.25, -0.2) is 0 Å². The summed E-state index contributed by atoms with van der Waals surface area (Å²) in [6.07, 6.45) is 5.94. The maximum Gasteiger partial charge on any atom is 0.0645 e. The van der Waals surface area contributed by atoms with E-state index >= 15 is 0 Å². The summed E-state index contributed by atoms with van der Waals surface area (Å²) in [5, 5.41) is 0. The Bertz CT molecular complexity index is 740. The van der Waals surface area contributed by atoms with Crippen molar-refractivity contribution in [1.29, 1.82) is 0 Å². The van der Waals surface area contributed by atoms with E-state index in [1.807, 2.05) is 24.4 Å². The number of para-hydroxylation sites is 2. The largest absolute Gasteiger partial charge is 0.309 e. The Morgan fingerprint density at radius 3 is 1.96 bits per heavy atom. The Balaban J connectivity index is 1.90. The molecule has 1 heterocycles. The number of rotatable bonds is 7. The third kappa shape index (κ3) is 4.36. The lowest BCUT2D eigenvalue weighted by molar-refractivity contribution is 0.581. The SMILES string of the molecule is C=CCC(C)Cc1ccc(N(c2ccccc2)c2ccccc2)cn1. The van der Waals surface area contributed by atoms with Gasteiger partial charge in [0.1, 0.15) is 0 Å². The molecule has 0 saturated heterocycles. The molecule has 0 saturated carbocycles. The highest BCUT2D eigenvalue weighted by atomic mass is 15.1. The van der Waals surface area contributed by atoms with Crippen LogP contribution in [0.25, 0.3) is 0 Å². The Morgan fingerprint density at radius 2 is 1.48 bits per heavy atom. The van der Waals surface area contributed by atoms with E-state index in [0.29, 0.717) is 5.92 Å². The van der Waals surface area contributed by atoms with Gasteiger partial charge in [0.05, 0.1) is 11.9 Å². The number of hydrogen-bond acceptors (Lipinski definition) is 2. The molecular formula is C23H24N2. The van der Waals surface area contributed by atoms with Crippen molar-refractivity contribution in [1.82, 2.24) is 4.98 Å². The van der Waals surface area contributed by atoms with Gasteiger partial charge in [-0.3, -0.25) is 4.98 Å². The summed E-state index contributed by atoms with van der Waals surface area (Å²) in [5.74, 6) is 0.565. The van der Waals surface area contributed by atoms with Gasteiger partial charge in [0.2, 0.25) is 0 Å². The van der Waals surface area contributed by atoms with Crippen LogP contribution in [0.2, 0.25) is 0 Å². The lowest BCUT2D eigenvalue weighted by Gasteiger charge is -2.25. The highest BCUT2D eigenvalue weighted by Gasteiger charge is 2.12. The fraction of sp³-hybridized carbons (Fsp3) is 0.174. The molecular weight excluding hydrogens is 304 g/mol. The summed E-state index contributed by atoms with van der Waals surface area (Å²) in [7, 11) is 0. The first kappa shape index (κ1) is 17.0. The lowest BCUT2D eigenvalue weighted by atomic mass is 10.0. The summed E-state index contributed by atoms with van der Waals surface area (Å²) in [5.41, 5.74) is 4.45. The average molecular weight is 328 g/mol. The van der Waals surface area contributed by atoms with Crippen LogP contribution in [-0.2, 0) is 6.42 Å². The van der Waals surface area contributed by atoms with E-state index < -0.39 is 0 Å². The monoisotopic (exact) mass is 328 g/mol. The molecule has 1 unspecified atom stereocenters. The summed E-state index contributed by atoms with van der Waals surface area (Å²) >= 11 is 0. The van der Waals surface area contributed by atoms with E-state index in [1.54, 1.807) is 0 Å². The molecule has 1 atom stereocenters. The van der Waals surface area contributed by atoms with Crippen molar-refractivity contribution in [3.05, 3.63) is 97.3 Å². The second kappa shape index (κ2) is 8.29. The highest BCUT2D eigenvalue weighted by Crippen LogP contribution is 2.33. The van der Waals surface area contributed by atoms with E-state index in [0.717, 1.165) is 35.6 Å². The predicted molar refractivity (Wildman–Crippen MR) is 107 cm³/mol. The van der Waals surface area contributed by atoms with Gasteiger partial charge < -0.3 is 4.90 Å². The molecule has 25 heavy (non-hydrogen) atoms. The van der Waals surface area contributed by atoms with Gasteiger partial charge in [-0.2, -0.15) is 0 Å². The highest BCUT2D eigenvalue weighted by molar-refractivity contribution is 5.75. The van der Waals surface area contributed by atoms with Crippen LogP contribution in [0.3, 0.4) is 0 Å². The average Bonchev–Trinajstić information content (AvgIpc) is 2.65. The second-order valence-electron chi connectivity index (χ2n) is 6.35. The summed E-state index contributed by atoms with van der Waals surface area (Å²) in [6.45, 7) is 6.05. The third-order valence-electron chi connectivity index (χ3n) is 4.22. The van der Waals surface area contributed by atoms with Gasteiger partial charge in [-0.05, 0) is 55.2 Å². The molecule has 2 nitrogen and oxygen atoms in total. The molecule has 0 aliphatic heterocycles. The van der Waals surface area contributed by atoms with Gasteiger partial charge in [0.25, 0.3) is 0 Å². The van der Waals surface area contributed by atoms with E-state index in [9.17, 15) is 0 Å². The topological polar surface area (TPSA) is 16.1 Å². The van der Waals surface area contributed by atoms with E-state index in [1.165, 1.54) is 0 Å². The van der Waals surface area contributed by atoms with Crippen LogP contribution in [0.15, 0.2) is 91.6 Å². The molecule has 0 aliphatic carbocycles. The molecule has 2 aromatic carbocycles. The quantitative estimate of drug-likeness (QED) is 0.473. The first-order chi connectivity index (χ1) is 12.3. The summed E-state index contributed by atoms with van der Waals surface area (Å²) in [4.78, 5) is 6.92. The van der Waals surface area contributed by atoms with Gasteiger partial charge in [0.15, 0.2) is 0 Å². The Morgan fingerprint density at radius 1 is 0.880 bits per heavy atom. The van der Waals surface area contributed by atoms with E-state index in [4.69, 9.17) is 4.98 Å². The van der Waals surface area contributed by atoms with Crippen LogP contribution >= 0.6 is 0 Å². The zero-order valence-corrected chi connectivity index (χ0v) is 14.7. The van der Waals surface area contributed by atoms with Crippen LogP contribution < -0.4 is 4.90 Å². The van der Waals surface area contributed by atoms with Gasteiger partial charge in [-0.1, -0.05) is 49.4 Å². The molecule has 0 aliphatic rings. The van der Waals surface area contributed by atoms with Crippen molar-refractivity contribution < 1.29 is 0 Å². The Hall–Kier alpha value is -2.87. The van der Waals surface area contributed by atoms with Crippen molar-refractivity contribution in [2.24, 2.45) is 5.92 Å². The Labute approximate surface area is 150 Å². The fourth-order valence-electron chi connectivity index (χ4n) is 3.00. The van der Waals surface area contributed by atoms with E-state index in [2.05, 4.69) is 79.1 Å². The molecule has 3 aromatic rings. The first-order valence-electron chi connectivity index (χ1n) is 8.74. The molecule has 0 radical (unpaired) electrons. The van der Waals surface area contributed by atoms with Crippen LogP contribution in [-0.4, -0.2) is 4.98 Å². The third-order valence-corrected chi connectivity index (χ3v) is 4.22. The maximum atomic E-state index is 4.70. The molecule has 1 aromatic heterocycles. The van der Waals surface area contributed by atoms with Crippen molar-refractivity contribution in [2.75, 3.05) is 4.90 Å². The number of hydrogen-bond donors (Lipinski definition) is 0. The van der Waals surface area contributed by atoms with Crippen molar-refractivity contribution in [3.63, 3.8) is 0 Å². The zero-order chi connectivity index (χ0) is 17.5. The zero-order valence-electron chi connectivity index (χ0n) is 14.7. The number of aromatic nitrogens is 1. The van der Waals surface area contributed by atoms with Gasteiger partial charge >= 0.3 is 0 Å². The van der Waals surface area contributed by atoms with E-state index in [-0.39, 0.29) is 0 Å². The molecule has 0 amide bonds. The minimum Gasteiger partial charge on any atom is -0.309 e. The molecule has 3 rings (SSSR count). The van der Waals surface area contributed by atoms with Crippen molar-refractivity contribution in [2.45, 2.75) is 19.8 Å². The standard InChI is InChI=1S/C23H24N2/c1-3-10-19(2)17-20-15-16-23(18-24-20)25(21-11-6-4-7-12-21)22-13-8-5-9-14-22/h3-9,11-16,18-19H,1,10,17H2,2H3. The molecule has 0 spiro atoms. The van der Waals surface area contributed by atoms with Crippen LogP contribution in [0.5, 0.6) is 0 Å². The van der Waals surface area contributed by atoms with Gasteiger partial charge in [0, 0.05) is 17.1 Å². The van der Waals surface area contributed by atoms with Crippen LogP contribution in [0.4, 0.5) is 17.1 Å². The normalized spacial score (nSPS) is 11.7. The number of nitrogens with zero attached hydrogens (tertiary/aromatic N) is 2. The number of anilines is 3. The predicted octanol–water partition coefficient (Wildman–Crippen LogP) is 6.31. The molecule has 2 heteroatoms. The van der Waals surface area contributed by atoms with Crippen molar-refractivity contribution in [3.8, 4) is 0 Å². The van der Waals surface area contributed by atoms with Crippen molar-refractivity contribution >= 4 is 17.1 Å². The molecule has 0 fully saturated rings. The molecule has 126 valence electrons. The Kier molecular flexibility index (Phi) is 5.63. The number of allylic oxidation sites excluding steroid dienone is 1. The van der Waals surface area contributed by atoms with Crippen LogP contribution in [0, 0.1) is 5.92 Å². The second-order valence-corrected chi connectivity index (χ2v) is 6.35. The summed E-state index contributed by atoms with van der Waals surface area (Å²) in [6, 6.07) is 25.1. The number of pyridine rings is 1.